The summed E-state index contributed by atoms with van der Waals surface area (Å²) in [7, 11) is 0. The quantitative estimate of drug-likeness (QED) is 0.521. The molecule has 0 saturated heterocycles. The lowest BCUT2D eigenvalue weighted by Gasteiger charge is -2.19. The molecule has 0 rings (SSSR count). The smallest absolute Gasteiger partial charge is 0.105 e. The van der Waals surface area contributed by atoms with Gasteiger partial charge in [-0.25, -0.2) is 0 Å². The highest BCUT2D eigenvalue weighted by molar-refractivity contribution is 4.71. The SMILES string of the molecule is CCCCC[C@H](O)[C@@H](O)[C@H](C)O. The maximum Gasteiger partial charge on any atom is 0.105 e. The van der Waals surface area contributed by atoms with Gasteiger partial charge in [-0.2, -0.15) is 0 Å². The summed E-state index contributed by atoms with van der Waals surface area (Å²) in [5.74, 6) is 0. The van der Waals surface area contributed by atoms with Crippen molar-refractivity contribution in [1.29, 1.82) is 0 Å². The number of aliphatic hydroxyl groups is 3. The third-order valence-corrected chi connectivity index (χ3v) is 1.99. The zero-order valence-electron chi connectivity index (χ0n) is 7.90. The maximum absolute atomic E-state index is 9.30. The summed E-state index contributed by atoms with van der Waals surface area (Å²) in [5.41, 5.74) is 0. The number of hydrogen-bond acceptors (Lipinski definition) is 3. The second-order valence-corrected chi connectivity index (χ2v) is 3.29. The molecule has 0 saturated carbocycles. The number of unbranched alkanes of at least 4 members (excludes halogenated alkanes) is 2. The Labute approximate surface area is 74.0 Å². The van der Waals surface area contributed by atoms with Gasteiger partial charge in [0, 0.05) is 0 Å². The monoisotopic (exact) mass is 176 g/mol. The largest absolute Gasteiger partial charge is 0.391 e. The summed E-state index contributed by atoms with van der Waals surface area (Å²) in [6, 6.07) is 0. The fourth-order valence-electron chi connectivity index (χ4n) is 1.10. The molecule has 3 N–H and O–H groups in total. The van der Waals surface area contributed by atoms with E-state index in [1.54, 1.807) is 0 Å². The summed E-state index contributed by atoms with van der Waals surface area (Å²) in [6.07, 6.45) is 1.00. The first-order valence-corrected chi connectivity index (χ1v) is 4.63. The predicted molar refractivity (Wildman–Crippen MR) is 47.8 cm³/mol. The van der Waals surface area contributed by atoms with E-state index in [2.05, 4.69) is 6.92 Å². The van der Waals surface area contributed by atoms with Crippen molar-refractivity contribution in [3.63, 3.8) is 0 Å². The molecule has 0 aromatic carbocycles. The van der Waals surface area contributed by atoms with Crippen molar-refractivity contribution >= 4 is 0 Å². The van der Waals surface area contributed by atoms with E-state index in [9.17, 15) is 10.2 Å². The first-order chi connectivity index (χ1) is 5.59. The van der Waals surface area contributed by atoms with Crippen LogP contribution in [0.5, 0.6) is 0 Å². The molecule has 0 aliphatic rings. The van der Waals surface area contributed by atoms with Gasteiger partial charge in [-0.15, -0.1) is 0 Å². The molecule has 74 valence electrons. The van der Waals surface area contributed by atoms with Gasteiger partial charge in [0.1, 0.15) is 6.10 Å². The minimum absolute atomic E-state index is 0.569. The van der Waals surface area contributed by atoms with Crippen LogP contribution in [0.2, 0.25) is 0 Å². The molecule has 0 radical (unpaired) electrons. The van der Waals surface area contributed by atoms with E-state index in [0.29, 0.717) is 6.42 Å². The molecular formula is C9H20O3. The lowest BCUT2D eigenvalue weighted by molar-refractivity contribution is -0.0549. The van der Waals surface area contributed by atoms with Crippen LogP contribution in [0.3, 0.4) is 0 Å². The van der Waals surface area contributed by atoms with Gasteiger partial charge in [0.2, 0.25) is 0 Å². The van der Waals surface area contributed by atoms with Gasteiger partial charge in [0.25, 0.3) is 0 Å². The van der Waals surface area contributed by atoms with Crippen LogP contribution in [-0.4, -0.2) is 33.6 Å². The fourth-order valence-corrected chi connectivity index (χ4v) is 1.10. The molecule has 0 heterocycles. The number of aliphatic hydroxyl groups excluding tert-OH is 3. The molecule has 3 atom stereocenters. The Hall–Kier alpha value is -0.120. The Morgan fingerprint density at radius 3 is 2.08 bits per heavy atom. The van der Waals surface area contributed by atoms with E-state index in [4.69, 9.17) is 5.11 Å². The Morgan fingerprint density at radius 2 is 1.67 bits per heavy atom. The van der Waals surface area contributed by atoms with E-state index in [1.807, 2.05) is 0 Å². The van der Waals surface area contributed by atoms with Gasteiger partial charge in [0.05, 0.1) is 12.2 Å². The fraction of sp³-hybridized carbons (Fsp3) is 1.00. The molecule has 12 heavy (non-hydrogen) atoms. The van der Waals surface area contributed by atoms with Crippen molar-refractivity contribution in [2.45, 2.75) is 57.8 Å². The van der Waals surface area contributed by atoms with Crippen molar-refractivity contribution < 1.29 is 15.3 Å². The molecule has 0 aromatic rings. The first-order valence-electron chi connectivity index (χ1n) is 4.63. The van der Waals surface area contributed by atoms with Gasteiger partial charge in [-0.1, -0.05) is 26.2 Å². The highest BCUT2D eigenvalue weighted by Gasteiger charge is 2.20. The van der Waals surface area contributed by atoms with E-state index >= 15 is 0 Å². The van der Waals surface area contributed by atoms with Gasteiger partial charge in [0.15, 0.2) is 0 Å². The lowest BCUT2D eigenvalue weighted by atomic mass is 10.0. The minimum Gasteiger partial charge on any atom is -0.391 e. The Morgan fingerprint density at radius 1 is 1.08 bits per heavy atom. The topological polar surface area (TPSA) is 60.7 Å². The van der Waals surface area contributed by atoms with Crippen LogP contribution in [0.25, 0.3) is 0 Å². The van der Waals surface area contributed by atoms with Crippen LogP contribution in [0.4, 0.5) is 0 Å². The van der Waals surface area contributed by atoms with Crippen LogP contribution >= 0.6 is 0 Å². The van der Waals surface area contributed by atoms with Crippen LogP contribution in [0.15, 0.2) is 0 Å². The molecule has 0 aromatic heterocycles. The van der Waals surface area contributed by atoms with Gasteiger partial charge in [-0.05, 0) is 13.3 Å². The summed E-state index contributed by atoms with van der Waals surface area (Å²) in [6.45, 7) is 3.56. The van der Waals surface area contributed by atoms with Crippen molar-refractivity contribution in [2.24, 2.45) is 0 Å². The summed E-state index contributed by atoms with van der Waals surface area (Å²) >= 11 is 0. The van der Waals surface area contributed by atoms with Crippen molar-refractivity contribution in [2.75, 3.05) is 0 Å². The van der Waals surface area contributed by atoms with Gasteiger partial charge in [-0.3, -0.25) is 0 Å². The molecule has 0 aliphatic carbocycles. The number of rotatable bonds is 6. The second-order valence-electron chi connectivity index (χ2n) is 3.29. The van der Waals surface area contributed by atoms with E-state index in [0.717, 1.165) is 19.3 Å². The molecule has 0 aliphatic heterocycles. The van der Waals surface area contributed by atoms with Crippen molar-refractivity contribution in [3.05, 3.63) is 0 Å². The molecule has 0 fully saturated rings. The van der Waals surface area contributed by atoms with Crippen LogP contribution in [-0.2, 0) is 0 Å². The standard InChI is InChI=1S/C9H20O3/c1-3-4-5-6-8(11)9(12)7(2)10/h7-12H,3-6H2,1-2H3/t7-,8-,9-/m0/s1. The summed E-state index contributed by atoms with van der Waals surface area (Å²) < 4.78 is 0. The summed E-state index contributed by atoms with van der Waals surface area (Å²) in [4.78, 5) is 0. The zero-order chi connectivity index (χ0) is 9.56. The molecular weight excluding hydrogens is 156 g/mol. The third kappa shape index (κ3) is 4.70. The second kappa shape index (κ2) is 6.40. The lowest BCUT2D eigenvalue weighted by Crippen LogP contribution is -2.35. The minimum atomic E-state index is -0.998. The highest BCUT2D eigenvalue weighted by atomic mass is 16.4. The average Bonchev–Trinajstić information content (AvgIpc) is 2.03. The molecule has 0 unspecified atom stereocenters. The number of hydrogen-bond donors (Lipinski definition) is 3. The normalized spacial score (nSPS) is 18.8. The average molecular weight is 176 g/mol. The van der Waals surface area contributed by atoms with E-state index < -0.39 is 18.3 Å². The molecule has 0 amide bonds. The van der Waals surface area contributed by atoms with Crippen molar-refractivity contribution in [3.8, 4) is 0 Å². The van der Waals surface area contributed by atoms with E-state index in [-0.39, 0.29) is 0 Å². The Kier molecular flexibility index (Phi) is 6.34. The van der Waals surface area contributed by atoms with Crippen LogP contribution < -0.4 is 0 Å². The Balaban J connectivity index is 3.49. The van der Waals surface area contributed by atoms with Crippen LogP contribution in [0, 0.1) is 0 Å². The van der Waals surface area contributed by atoms with E-state index in [1.165, 1.54) is 6.92 Å². The van der Waals surface area contributed by atoms with Gasteiger partial charge >= 0.3 is 0 Å². The van der Waals surface area contributed by atoms with Crippen molar-refractivity contribution in [1.82, 2.24) is 0 Å². The first kappa shape index (κ1) is 11.9. The molecule has 3 nitrogen and oxygen atoms in total. The maximum atomic E-state index is 9.30. The van der Waals surface area contributed by atoms with Crippen LogP contribution in [0.1, 0.15) is 39.5 Å². The summed E-state index contributed by atoms with van der Waals surface area (Å²) in [5, 5.41) is 27.4. The Bertz CT molecular complexity index is 104. The van der Waals surface area contributed by atoms with Gasteiger partial charge < -0.3 is 15.3 Å². The molecule has 0 bridgehead atoms. The third-order valence-electron chi connectivity index (χ3n) is 1.99. The molecule has 0 spiro atoms. The highest BCUT2D eigenvalue weighted by Crippen LogP contribution is 2.08. The predicted octanol–water partition coefficient (Wildman–Crippen LogP) is 0.669. The zero-order valence-corrected chi connectivity index (χ0v) is 7.90. The molecule has 3 heteroatoms.